The van der Waals surface area contributed by atoms with E-state index in [2.05, 4.69) is 52.1 Å². The SMILES string of the molecule is Cc1cc(C)c(C2CNC(C)C(C)O2)c(C)c1. The Morgan fingerprint density at radius 2 is 1.71 bits per heavy atom. The Morgan fingerprint density at radius 1 is 1.12 bits per heavy atom. The lowest BCUT2D eigenvalue weighted by atomic mass is 9.94. The van der Waals surface area contributed by atoms with Gasteiger partial charge in [-0.2, -0.15) is 0 Å². The van der Waals surface area contributed by atoms with E-state index in [1.807, 2.05) is 0 Å². The van der Waals surface area contributed by atoms with E-state index in [1.165, 1.54) is 22.3 Å². The van der Waals surface area contributed by atoms with Gasteiger partial charge in [0.1, 0.15) is 0 Å². The number of benzene rings is 1. The average Bonchev–Trinajstić information content (AvgIpc) is 2.21. The summed E-state index contributed by atoms with van der Waals surface area (Å²) in [5.41, 5.74) is 5.38. The molecule has 0 aromatic heterocycles. The Balaban J connectivity index is 2.29. The minimum absolute atomic E-state index is 0.196. The fourth-order valence-electron chi connectivity index (χ4n) is 2.75. The van der Waals surface area contributed by atoms with Crippen LogP contribution in [-0.4, -0.2) is 18.7 Å². The summed E-state index contributed by atoms with van der Waals surface area (Å²) in [6.45, 7) is 11.7. The first-order valence-electron chi connectivity index (χ1n) is 6.45. The normalized spacial score (nSPS) is 29.4. The van der Waals surface area contributed by atoms with Crippen LogP contribution in [0.15, 0.2) is 12.1 Å². The summed E-state index contributed by atoms with van der Waals surface area (Å²) in [6, 6.07) is 4.93. The first-order chi connectivity index (χ1) is 7.99. The van der Waals surface area contributed by atoms with Crippen LogP contribution in [0.5, 0.6) is 0 Å². The highest BCUT2D eigenvalue weighted by Gasteiger charge is 2.27. The number of aryl methyl sites for hydroxylation is 3. The second-order valence-corrected chi connectivity index (χ2v) is 5.34. The van der Waals surface area contributed by atoms with E-state index < -0.39 is 0 Å². The topological polar surface area (TPSA) is 21.3 Å². The fourth-order valence-corrected chi connectivity index (χ4v) is 2.75. The minimum atomic E-state index is 0.196. The highest BCUT2D eigenvalue weighted by atomic mass is 16.5. The highest BCUT2D eigenvalue weighted by Crippen LogP contribution is 2.29. The molecule has 94 valence electrons. The molecule has 0 saturated carbocycles. The molecule has 1 N–H and O–H groups in total. The van der Waals surface area contributed by atoms with Crippen LogP contribution in [0.4, 0.5) is 0 Å². The number of ether oxygens (including phenoxy) is 1. The van der Waals surface area contributed by atoms with Crippen molar-refractivity contribution in [1.82, 2.24) is 5.32 Å². The zero-order valence-corrected chi connectivity index (χ0v) is 11.5. The molecule has 1 aromatic carbocycles. The fraction of sp³-hybridized carbons (Fsp3) is 0.600. The van der Waals surface area contributed by atoms with Crippen LogP contribution in [0.2, 0.25) is 0 Å². The van der Waals surface area contributed by atoms with Gasteiger partial charge in [0.05, 0.1) is 12.2 Å². The van der Waals surface area contributed by atoms with Crippen LogP contribution < -0.4 is 5.32 Å². The smallest absolute Gasteiger partial charge is 0.0958 e. The molecule has 1 aromatic rings. The third-order valence-corrected chi connectivity index (χ3v) is 3.77. The molecule has 0 bridgehead atoms. The van der Waals surface area contributed by atoms with E-state index >= 15 is 0 Å². The Labute approximate surface area is 104 Å². The Hall–Kier alpha value is -0.860. The van der Waals surface area contributed by atoms with Gasteiger partial charge in [0, 0.05) is 12.6 Å². The van der Waals surface area contributed by atoms with Crippen molar-refractivity contribution in [2.75, 3.05) is 6.54 Å². The minimum Gasteiger partial charge on any atom is -0.368 e. The van der Waals surface area contributed by atoms with E-state index in [1.54, 1.807) is 0 Å². The van der Waals surface area contributed by atoms with Crippen molar-refractivity contribution in [1.29, 1.82) is 0 Å². The Kier molecular flexibility index (Phi) is 3.55. The molecule has 0 spiro atoms. The third-order valence-electron chi connectivity index (χ3n) is 3.77. The molecule has 1 aliphatic rings. The van der Waals surface area contributed by atoms with Crippen LogP contribution in [-0.2, 0) is 4.74 Å². The van der Waals surface area contributed by atoms with E-state index in [-0.39, 0.29) is 12.2 Å². The zero-order chi connectivity index (χ0) is 12.6. The lowest BCUT2D eigenvalue weighted by Crippen LogP contribution is -2.46. The van der Waals surface area contributed by atoms with E-state index in [4.69, 9.17) is 4.74 Å². The van der Waals surface area contributed by atoms with Crippen LogP contribution in [0.1, 0.15) is 42.2 Å². The molecule has 2 rings (SSSR count). The molecule has 1 saturated heterocycles. The highest BCUT2D eigenvalue weighted by molar-refractivity contribution is 5.39. The van der Waals surface area contributed by atoms with E-state index in [0.29, 0.717) is 6.04 Å². The van der Waals surface area contributed by atoms with Gasteiger partial charge in [-0.15, -0.1) is 0 Å². The molecule has 1 aliphatic heterocycles. The number of nitrogens with one attached hydrogen (secondary N) is 1. The molecule has 1 fully saturated rings. The maximum absolute atomic E-state index is 6.12. The number of rotatable bonds is 1. The van der Waals surface area contributed by atoms with Crippen LogP contribution in [0.25, 0.3) is 0 Å². The standard InChI is InChI=1S/C15H23NO/c1-9-6-10(2)15(11(3)7-9)14-8-16-12(4)13(5)17-14/h6-7,12-14,16H,8H2,1-5H3. The van der Waals surface area contributed by atoms with Gasteiger partial charge < -0.3 is 10.1 Å². The summed E-state index contributed by atoms with van der Waals surface area (Å²) >= 11 is 0. The summed E-state index contributed by atoms with van der Waals surface area (Å²) in [5, 5.41) is 3.52. The molecule has 3 unspecified atom stereocenters. The van der Waals surface area contributed by atoms with Crippen LogP contribution >= 0.6 is 0 Å². The van der Waals surface area contributed by atoms with Gasteiger partial charge in [-0.05, 0) is 51.3 Å². The van der Waals surface area contributed by atoms with Crippen LogP contribution in [0.3, 0.4) is 0 Å². The Bertz CT molecular complexity index is 390. The molecule has 2 heteroatoms. The first kappa shape index (κ1) is 12.6. The van der Waals surface area contributed by atoms with Crippen molar-refractivity contribution in [2.45, 2.75) is 52.9 Å². The lowest BCUT2D eigenvalue weighted by Gasteiger charge is -2.35. The van der Waals surface area contributed by atoms with Crippen molar-refractivity contribution in [3.8, 4) is 0 Å². The molecule has 0 aliphatic carbocycles. The quantitative estimate of drug-likeness (QED) is 0.805. The van der Waals surface area contributed by atoms with Crippen molar-refractivity contribution in [3.05, 3.63) is 34.4 Å². The predicted octanol–water partition coefficient (Wildman–Crippen LogP) is 3.05. The maximum atomic E-state index is 6.12. The maximum Gasteiger partial charge on any atom is 0.0958 e. The molecule has 0 amide bonds. The predicted molar refractivity (Wildman–Crippen MR) is 71.4 cm³/mol. The van der Waals surface area contributed by atoms with Gasteiger partial charge in [0.15, 0.2) is 0 Å². The summed E-state index contributed by atoms with van der Waals surface area (Å²) in [5.74, 6) is 0. The summed E-state index contributed by atoms with van der Waals surface area (Å²) in [7, 11) is 0. The summed E-state index contributed by atoms with van der Waals surface area (Å²) in [4.78, 5) is 0. The summed E-state index contributed by atoms with van der Waals surface area (Å²) < 4.78 is 6.12. The van der Waals surface area contributed by atoms with Crippen molar-refractivity contribution in [2.24, 2.45) is 0 Å². The third kappa shape index (κ3) is 2.53. The van der Waals surface area contributed by atoms with E-state index in [0.717, 1.165) is 6.54 Å². The molecular formula is C15H23NO. The van der Waals surface area contributed by atoms with Gasteiger partial charge in [-0.3, -0.25) is 0 Å². The second-order valence-electron chi connectivity index (χ2n) is 5.34. The van der Waals surface area contributed by atoms with Crippen molar-refractivity contribution >= 4 is 0 Å². The molecule has 3 atom stereocenters. The van der Waals surface area contributed by atoms with Crippen molar-refractivity contribution in [3.63, 3.8) is 0 Å². The number of morpholine rings is 1. The Morgan fingerprint density at radius 3 is 2.24 bits per heavy atom. The van der Waals surface area contributed by atoms with Gasteiger partial charge in [-0.1, -0.05) is 17.7 Å². The molecule has 2 nitrogen and oxygen atoms in total. The second kappa shape index (κ2) is 4.79. The molecule has 1 heterocycles. The zero-order valence-electron chi connectivity index (χ0n) is 11.5. The van der Waals surface area contributed by atoms with E-state index in [9.17, 15) is 0 Å². The van der Waals surface area contributed by atoms with Gasteiger partial charge in [0.2, 0.25) is 0 Å². The molecule has 17 heavy (non-hydrogen) atoms. The monoisotopic (exact) mass is 233 g/mol. The van der Waals surface area contributed by atoms with Gasteiger partial charge in [-0.25, -0.2) is 0 Å². The van der Waals surface area contributed by atoms with Gasteiger partial charge in [0.25, 0.3) is 0 Å². The first-order valence-corrected chi connectivity index (χ1v) is 6.45. The molecule has 0 radical (unpaired) electrons. The molecular weight excluding hydrogens is 210 g/mol. The largest absolute Gasteiger partial charge is 0.368 e. The lowest BCUT2D eigenvalue weighted by molar-refractivity contribution is -0.0514. The van der Waals surface area contributed by atoms with Crippen molar-refractivity contribution < 1.29 is 4.74 Å². The number of hydrogen-bond acceptors (Lipinski definition) is 2. The average molecular weight is 233 g/mol. The van der Waals surface area contributed by atoms with Crippen LogP contribution in [0, 0.1) is 20.8 Å². The van der Waals surface area contributed by atoms with Gasteiger partial charge >= 0.3 is 0 Å². The summed E-state index contributed by atoms with van der Waals surface area (Å²) in [6.07, 6.45) is 0.468. The number of hydrogen-bond donors (Lipinski definition) is 1.